The third kappa shape index (κ3) is 3.74. The molecule has 0 radical (unpaired) electrons. The molecule has 0 bridgehead atoms. The van der Waals surface area contributed by atoms with Crippen LogP contribution in [0.2, 0.25) is 5.15 Å². The van der Waals surface area contributed by atoms with E-state index in [1.807, 2.05) is 26.0 Å². The van der Waals surface area contributed by atoms with Crippen molar-refractivity contribution in [1.29, 1.82) is 0 Å². The van der Waals surface area contributed by atoms with Crippen LogP contribution in [0.3, 0.4) is 0 Å². The fourth-order valence-electron chi connectivity index (χ4n) is 3.61. The predicted molar refractivity (Wildman–Crippen MR) is 101 cm³/mol. The number of halogens is 3. The molecule has 3 aromatic rings. The topological polar surface area (TPSA) is 59.2 Å². The van der Waals surface area contributed by atoms with Gasteiger partial charge in [0.2, 0.25) is 0 Å². The van der Waals surface area contributed by atoms with Gasteiger partial charge in [0.25, 0.3) is 12.2 Å². The van der Waals surface area contributed by atoms with Gasteiger partial charge in [0.15, 0.2) is 0 Å². The number of fused-ring (bicyclic) bond motifs is 1. The fourth-order valence-corrected chi connectivity index (χ4v) is 3.88. The Morgan fingerprint density at radius 1 is 1.21 bits per heavy atom. The summed E-state index contributed by atoms with van der Waals surface area (Å²) in [6.07, 6.45) is 0.795. The highest BCUT2D eigenvalue weighted by Gasteiger charge is 2.26. The van der Waals surface area contributed by atoms with Crippen LogP contribution in [0, 0.1) is 6.92 Å². The molecule has 0 amide bonds. The molecule has 0 aliphatic carbocycles. The smallest absolute Gasteiger partial charge is 0.280 e. The van der Waals surface area contributed by atoms with Crippen molar-refractivity contribution in [2.24, 2.45) is 0 Å². The van der Waals surface area contributed by atoms with Crippen LogP contribution in [0.5, 0.6) is 0 Å². The Labute approximate surface area is 165 Å². The maximum atomic E-state index is 13.3. The number of aromatic nitrogens is 5. The van der Waals surface area contributed by atoms with E-state index in [0.29, 0.717) is 23.9 Å². The van der Waals surface area contributed by atoms with Gasteiger partial charge in [0.05, 0.1) is 5.69 Å². The maximum Gasteiger partial charge on any atom is 0.280 e. The lowest BCUT2D eigenvalue weighted by atomic mass is 9.92. The van der Waals surface area contributed by atoms with Crippen LogP contribution in [0.4, 0.5) is 8.78 Å². The highest BCUT2D eigenvalue weighted by atomic mass is 35.5. The van der Waals surface area contributed by atoms with Crippen molar-refractivity contribution in [2.45, 2.75) is 32.7 Å². The first-order chi connectivity index (χ1) is 13.4. The molecule has 0 fully saturated rings. The van der Waals surface area contributed by atoms with Crippen LogP contribution in [0.15, 0.2) is 36.2 Å². The van der Waals surface area contributed by atoms with Crippen molar-refractivity contribution in [3.8, 4) is 0 Å². The molecule has 3 aromatic heterocycles. The summed E-state index contributed by atoms with van der Waals surface area (Å²) in [7, 11) is 0. The van der Waals surface area contributed by atoms with Crippen LogP contribution in [-0.4, -0.2) is 42.6 Å². The summed E-state index contributed by atoms with van der Waals surface area (Å²) in [6, 6.07) is 5.29. The highest BCUT2D eigenvalue weighted by Crippen LogP contribution is 2.31. The van der Waals surface area contributed by atoms with E-state index in [0.717, 1.165) is 23.4 Å². The Balaban J connectivity index is 1.66. The molecule has 28 heavy (non-hydrogen) atoms. The van der Waals surface area contributed by atoms with E-state index in [4.69, 9.17) is 11.6 Å². The molecule has 146 valence electrons. The van der Waals surface area contributed by atoms with Gasteiger partial charge in [0, 0.05) is 31.2 Å². The van der Waals surface area contributed by atoms with E-state index < -0.39 is 6.43 Å². The van der Waals surface area contributed by atoms with Crippen LogP contribution in [0.25, 0.3) is 5.78 Å². The molecule has 0 aromatic carbocycles. The Morgan fingerprint density at radius 2 is 2.04 bits per heavy atom. The monoisotopic (exact) mass is 404 g/mol. The van der Waals surface area contributed by atoms with Crippen molar-refractivity contribution in [1.82, 2.24) is 29.5 Å². The van der Waals surface area contributed by atoms with E-state index in [1.165, 1.54) is 12.4 Å². The molecule has 0 N–H and O–H groups in total. The maximum absolute atomic E-state index is 13.3. The molecule has 6 nitrogen and oxygen atoms in total. The number of hydrogen-bond acceptors (Lipinski definition) is 5. The average Bonchev–Trinajstić information content (AvgIpc) is 3.10. The first-order valence-electron chi connectivity index (χ1n) is 8.91. The molecule has 1 aliphatic heterocycles. The van der Waals surface area contributed by atoms with Gasteiger partial charge < -0.3 is 0 Å². The van der Waals surface area contributed by atoms with E-state index in [1.54, 1.807) is 4.52 Å². The zero-order valence-corrected chi connectivity index (χ0v) is 16.2. The van der Waals surface area contributed by atoms with Gasteiger partial charge in [-0.25, -0.2) is 23.3 Å². The molecule has 1 atom stereocenters. The number of aryl methyl sites for hydroxylation is 1. The van der Waals surface area contributed by atoms with Gasteiger partial charge in [-0.3, -0.25) is 4.90 Å². The summed E-state index contributed by atoms with van der Waals surface area (Å²) in [6.45, 7) is 6.05. The lowest BCUT2D eigenvalue weighted by molar-refractivity contribution is 0.146. The molecule has 0 spiro atoms. The Morgan fingerprint density at radius 3 is 2.79 bits per heavy atom. The summed E-state index contributed by atoms with van der Waals surface area (Å²) >= 11 is 6.08. The molecular weight excluding hydrogens is 386 g/mol. The lowest BCUT2D eigenvalue weighted by Gasteiger charge is -2.32. The van der Waals surface area contributed by atoms with Crippen molar-refractivity contribution in [3.05, 3.63) is 64.0 Å². The molecule has 1 aliphatic rings. The first kappa shape index (κ1) is 18.9. The normalized spacial score (nSPS) is 18.1. The van der Waals surface area contributed by atoms with E-state index in [2.05, 4.69) is 31.0 Å². The lowest BCUT2D eigenvalue weighted by Crippen LogP contribution is -2.33. The number of nitrogens with zero attached hydrogens (tertiary/aromatic N) is 6. The first-order valence-corrected chi connectivity index (χ1v) is 9.29. The van der Waals surface area contributed by atoms with Crippen molar-refractivity contribution in [3.63, 3.8) is 0 Å². The third-order valence-corrected chi connectivity index (χ3v) is 5.12. The van der Waals surface area contributed by atoms with Crippen LogP contribution >= 0.6 is 11.6 Å². The Bertz CT molecular complexity index is 1030. The van der Waals surface area contributed by atoms with E-state index >= 15 is 0 Å². The predicted octanol–water partition coefficient (Wildman–Crippen LogP) is 3.96. The van der Waals surface area contributed by atoms with Gasteiger partial charge in [-0.1, -0.05) is 23.3 Å². The molecule has 4 rings (SSSR count). The van der Waals surface area contributed by atoms with Gasteiger partial charge in [-0.15, -0.1) is 0 Å². The highest BCUT2D eigenvalue weighted by molar-refractivity contribution is 6.29. The van der Waals surface area contributed by atoms with E-state index in [-0.39, 0.29) is 17.4 Å². The molecule has 9 heteroatoms. The molecule has 4 heterocycles. The van der Waals surface area contributed by atoms with Gasteiger partial charge >= 0.3 is 0 Å². The minimum atomic E-state index is -2.66. The Hall–Kier alpha value is -2.45. The van der Waals surface area contributed by atoms with E-state index in [9.17, 15) is 8.78 Å². The van der Waals surface area contributed by atoms with Gasteiger partial charge in [0.1, 0.15) is 17.2 Å². The Kier molecular flexibility index (Phi) is 5.07. The van der Waals surface area contributed by atoms with Crippen molar-refractivity contribution in [2.75, 3.05) is 13.1 Å². The fraction of sp³-hybridized carbons (Fsp3) is 0.368. The standard InChI is InChI=1S/C19H19ClF2N6/c1-11-3-4-27(8-13-5-12(2)25-17(20)6-13)9-14(11)16-7-15(18(21)22)26-19-23-10-24-28(16)19/h3,5-7,10,14,18H,4,8-9H2,1-2H3/t14-/m1/s1. The molecule has 0 saturated carbocycles. The summed E-state index contributed by atoms with van der Waals surface area (Å²) < 4.78 is 28.2. The summed E-state index contributed by atoms with van der Waals surface area (Å²) in [5.41, 5.74) is 3.43. The SMILES string of the molecule is CC1=CCN(Cc2cc(C)nc(Cl)c2)C[C@H]1c1cc(C(F)F)nc2ncnn12. The number of alkyl halides is 2. The molecular formula is C19H19ClF2N6. The second kappa shape index (κ2) is 7.52. The molecule has 0 unspecified atom stereocenters. The molecule has 0 saturated heterocycles. The number of rotatable bonds is 4. The number of pyridine rings is 1. The zero-order valence-electron chi connectivity index (χ0n) is 15.5. The second-order valence-corrected chi connectivity index (χ2v) is 7.40. The minimum Gasteiger partial charge on any atom is -0.294 e. The average molecular weight is 405 g/mol. The summed E-state index contributed by atoms with van der Waals surface area (Å²) in [5.74, 6) is 0.103. The third-order valence-electron chi connectivity index (χ3n) is 4.93. The largest absolute Gasteiger partial charge is 0.294 e. The summed E-state index contributed by atoms with van der Waals surface area (Å²) in [4.78, 5) is 14.3. The summed E-state index contributed by atoms with van der Waals surface area (Å²) in [5, 5.41) is 4.66. The second-order valence-electron chi connectivity index (χ2n) is 7.01. The van der Waals surface area contributed by atoms with Crippen molar-refractivity contribution < 1.29 is 8.78 Å². The quantitative estimate of drug-likeness (QED) is 0.486. The van der Waals surface area contributed by atoms with Gasteiger partial charge in [-0.05, 0) is 37.6 Å². The van der Waals surface area contributed by atoms with Crippen molar-refractivity contribution >= 4 is 17.4 Å². The van der Waals surface area contributed by atoms with Crippen LogP contribution in [-0.2, 0) is 6.54 Å². The number of hydrogen-bond donors (Lipinski definition) is 0. The minimum absolute atomic E-state index is 0.0862. The van der Waals surface area contributed by atoms with Crippen LogP contribution in [0.1, 0.15) is 41.9 Å². The van der Waals surface area contributed by atoms with Crippen LogP contribution < -0.4 is 0 Å². The van der Waals surface area contributed by atoms with Gasteiger partial charge in [-0.2, -0.15) is 10.1 Å². The zero-order chi connectivity index (χ0) is 19.8.